The van der Waals surface area contributed by atoms with E-state index in [2.05, 4.69) is 17.0 Å². The third-order valence-corrected chi connectivity index (χ3v) is 3.33. The Labute approximate surface area is 90.9 Å². The average Bonchev–Trinajstić information content (AvgIpc) is 2.84. The van der Waals surface area contributed by atoms with Gasteiger partial charge in [-0.05, 0) is 12.8 Å². The molecule has 0 spiro atoms. The maximum Gasteiger partial charge on any atom is 0.154 e. The van der Waals surface area contributed by atoms with Gasteiger partial charge >= 0.3 is 0 Å². The maximum atomic E-state index is 5.65. The third kappa shape index (κ3) is 2.04. The molecule has 2 N–H and O–H groups in total. The number of hydrogen-bond donors (Lipinski definition) is 1. The van der Waals surface area contributed by atoms with E-state index in [1.165, 1.54) is 25.7 Å². The Balaban J connectivity index is 2.20. The van der Waals surface area contributed by atoms with Gasteiger partial charge in [0.2, 0.25) is 0 Å². The molecule has 4 heteroatoms. The van der Waals surface area contributed by atoms with Crippen LogP contribution in [-0.4, -0.2) is 21.3 Å². The van der Waals surface area contributed by atoms with Gasteiger partial charge in [0.25, 0.3) is 0 Å². The molecule has 1 atom stereocenters. The molecule has 0 aromatic carbocycles. The summed E-state index contributed by atoms with van der Waals surface area (Å²) in [6.45, 7) is 2.74. The van der Waals surface area contributed by atoms with Gasteiger partial charge in [0, 0.05) is 25.4 Å². The van der Waals surface area contributed by atoms with E-state index in [0.29, 0.717) is 18.4 Å². The molecule has 84 valence electrons. The lowest BCUT2D eigenvalue weighted by molar-refractivity contribution is 0.619. The monoisotopic (exact) mass is 208 g/mol. The molecule has 0 saturated heterocycles. The molecule has 0 bridgehead atoms. The van der Waals surface area contributed by atoms with Crippen molar-refractivity contribution < 1.29 is 0 Å². The molecule has 15 heavy (non-hydrogen) atoms. The van der Waals surface area contributed by atoms with Crippen LogP contribution in [0.15, 0.2) is 0 Å². The van der Waals surface area contributed by atoms with Crippen molar-refractivity contribution in [2.24, 2.45) is 12.8 Å². The Hall–Kier alpha value is -0.900. The molecule has 1 aromatic heterocycles. The Morgan fingerprint density at radius 2 is 2.13 bits per heavy atom. The topological polar surface area (TPSA) is 56.7 Å². The van der Waals surface area contributed by atoms with Gasteiger partial charge < -0.3 is 5.73 Å². The van der Waals surface area contributed by atoms with Crippen LogP contribution in [0.3, 0.4) is 0 Å². The van der Waals surface area contributed by atoms with Crippen LogP contribution >= 0.6 is 0 Å². The van der Waals surface area contributed by atoms with Crippen molar-refractivity contribution in [3.05, 3.63) is 11.6 Å². The molecule has 0 aliphatic heterocycles. The zero-order valence-electron chi connectivity index (χ0n) is 9.61. The summed E-state index contributed by atoms with van der Waals surface area (Å²) in [5.41, 5.74) is 5.65. The van der Waals surface area contributed by atoms with E-state index >= 15 is 0 Å². The summed E-state index contributed by atoms with van der Waals surface area (Å²) >= 11 is 0. The molecule has 1 aliphatic rings. The van der Waals surface area contributed by atoms with Crippen molar-refractivity contribution in [2.45, 2.75) is 44.4 Å². The molecule has 1 unspecified atom stereocenters. The van der Waals surface area contributed by atoms with Crippen LogP contribution in [0.1, 0.15) is 56.1 Å². The Morgan fingerprint density at radius 1 is 1.47 bits per heavy atom. The van der Waals surface area contributed by atoms with Gasteiger partial charge in [0.1, 0.15) is 5.82 Å². The first-order valence-corrected chi connectivity index (χ1v) is 5.83. The first-order valence-electron chi connectivity index (χ1n) is 5.83. The third-order valence-electron chi connectivity index (χ3n) is 3.33. The fourth-order valence-corrected chi connectivity index (χ4v) is 2.31. The van der Waals surface area contributed by atoms with Gasteiger partial charge in [-0.25, -0.2) is 4.98 Å². The van der Waals surface area contributed by atoms with Gasteiger partial charge in [-0.3, -0.25) is 4.68 Å². The molecule has 1 saturated carbocycles. The quantitative estimate of drug-likeness (QED) is 0.819. The fourth-order valence-electron chi connectivity index (χ4n) is 2.31. The van der Waals surface area contributed by atoms with Crippen molar-refractivity contribution in [3.8, 4) is 0 Å². The molecule has 1 fully saturated rings. The van der Waals surface area contributed by atoms with Crippen LogP contribution in [0, 0.1) is 0 Å². The van der Waals surface area contributed by atoms with Gasteiger partial charge in [0.15, 0.2) is 5.82 Å². The van der Waals surface area contributed by atoms with Crippen LogP contribution in [0.4, 0.5) is 0 Å². The highest BCUT2D eigenvalue weighted by molar-refractivity contribution is 5.04. The van der Waals surface area contributed by atoms with Gasteiger partial charge in [-0.1, -0.05) is 19.8 Å². The Bertz CT molecular complexity index is 325. The van der Waals surface area contributed by atoms with Crippen LogP contribution in [0.2, 0.25) is 0 Å². The minimum Gasteiger partial charge on any atom is -0.330 e. The zero-order valence-corrected chi connectivity index (χ0v) is 9.61. The number of rotatable bonds is 3. The summed E-state index contributed by atoms with van der Waals surface area (Å²) in [7, 11) is 1.97. The number of aryl methyl sites for hydroxylation is 1. The van der Waals surface area contributed by atoms with Crippen LogP contribution in [-0.2, 0) is 7.05 Å². The predicted octanol–water partition coefficient (Wildman–Crippen LogP) is 1.53. The zero-order chi connectivity index (χ0) is 10.8. The van der Waals surface area contributed by atoms with Crippen molar-refractivity contribution in [1.29, 1.82) is 0 Å². The molecule has 0 radical (unpaired) electrons. The van der Waals surface area contributed by atoms with Crippen molar-refractivity contribution in [2.75, 3.05) is 6.54 Å². The van der Waals surface area contributed by atoms with E-state index in [1.54, 1.807) is 0 Å². The van der Waals surface area contributed by atoms with E-state index < -0.39 is 0 Å². The minimum absolute atomic E-state index is 0.303. The molecule has 4 nitrogen and oxygen atoms in total. The van der Waals surface area contributed by atoms with Gasteiger partial charge in [-0.15, -0.1) is 0 Å². The lowest BCUT2D eigenvalue weighted by Crippen LogP contribution is -2.13. The molecule has 1 aromatic rings. The molecule has 0 amide bonds. The second-order valence-corrected chi connectivity index (χ2v) is 4.57. The summed E-state index contributed by atoms with van der Waals surface area (Å²) in [5, 5.41) is 4.51. The van der Waals surface area contributed by atoms with Crippen LogP contribution in [0.25, 0.3) is 0 Å². The van der Waals surface area contributed by atoms with Crippen molar-refractivity contribution in [1.82, 2.24) is 14.8 Å². The Morgan fingerprint density at radius 3 is 2.73 bits per heavy atom. The molecule has 1 heterocycles. The standard InChI is InChI=1S/C11H20N4/c1-8(7-12)11-13-10(14-15(11)2)9-5-3-4-6-9/h8-9H,3-7,12H2,1-2H3. The maximum absolute atomic E-state index is 5.65. The molecular weight excluding hydrogens is 188 g/mol. The van der Waals surface area contributed by atoms with Crippen LogP contribution < -0.4 is 5.73 Å². The normalized spacial score (nSPS) is 19.7. The minimum atomic E-state index is 0.303. The average molecular weight is 208 g/mol. The number of nitrogens with zero attached hydrogens (tertiary/aromatic N) is 3. The summed E-state index contributed by atoms with van der Waals surface area (Å²) in [6, 6.07) is 0. The van der Waals surface area contributed by atoms with Crippen molar-refractivity contribution in [3.63, 3.8) is 0 Å². The molecule has 2 rings (SSSR count). The lowest BCUT2D eigenvalue weighted by atomic mass is 10.1. The Kier molecular flexibility index (Phi) is 3.05. The first-order chi connectivity index (χ1) is 7.22. The smallest absolute Gasteiger partial charge is 0.154 e. The largest absolute Gasteiger partial charge is 0.330 e. The number of hydrogen-bond acceptors (Lipinski definition) is 3. The van der Waals surface area contributed by atoms with Gasteiger partial charge in [0.05, 0.1) is 0 Å². The van der Waals surface area contributed by atoms with E-state index in [0.717, 1.165) is 11.6 Å². The van der Waals surface area contributed by atoms with E-state index in [-0.39, 0.29) is 0 Å². The first kappa shape index (κ1) is 10.6. The second kappa shape index (κ2) is 4.31. The summed E-state index contributed by atoms with van der Waals surface area (Å²) in [5.74, 6) is 2.96. The summed E-state index contributed by atoms with van der Waals surface area (Å²) in [4.78, 5) is 4.63. The SMILES string of the molecule is CC(CN)c1nc(C2CCCC2)nn1C. The number of nitrogens with two attached hydrogens (primary N) is 1. The van der Waals surface area contributed by atoms with Crippen LogP contribution in [0.5, 0.6) is 0 Å². The molecular formula is C11H20N4. The molecule has 1 aliphatic carbocycles. The van der Waals surface area contributed by atoms with Gasteiger partial charge in [-0.2, -0.15) is 5.10 Å². The number of aromatic nitrogens is 3. The van der Waals surface area contributed by atoms with E-state index in [9.17, 15) is 0 Å². The fraction of sp³-hybridized carbons (Fsp3) is 0.818. The predicted molar refractivity (Wildman–Crippen MR) is 59.7 cm³/mol. The van der Waals surface area contributed by atoms with E-state index in [4.69, 9.17) is 5.73 Å². The lowest BCUT2D eigenvalue weighted by Gasteiger charge is -2.05. The van der Waals surface area contributed by atoms with Crippen molar-refractivity contribution >= 4 is 0 Å². The highest BCUT2D eigenvalue weighted by Crippen LogP contribution is 2.32. The summed E-state index contributed by atoms with van der Waals surface area (Å²) < 4.78 is 1.89. The highest BCUT2D eigenvalue weighted by atomic mass is 15.3. The highest BCUT2D eigenvalue weighted by Gasteiger charge is 2.23. The second-order valence-electron chi connectivity index (χ2n) is 4.57. The summed E-state index contributed by atoms with van der Waals surface area (Å²) in [6.07, 6.45) is 5.15. The van der Waals surface area contributed by atoms with E-state index in [1.807, 2.05) is 11.7 Å².